The maximum absolute atomic E-state index is 13.0. The van der Waals surface area contributed by atoms with E-state index in [4.69, 9.17) is 0 Å². The minimum Gasteiger partial charge on any atom is -0.326 e. The number of hydrogen-bond donors (Lipinski definition) is 2. The number of aromatic nitrogens is 2. The third kappa shape index (κ3) is 4.16. The van der Waals surface area contributed by atoms with Crippen molar-refractivity contribution in [2.45, 2.75) is 19.1 Å². The van der Waals surface area contributed by atoms with Gasteiger partial charge in [-0.3, -0.25) is 19.1 Å². The number of alkyl halides is 3. The lowest BCUT2D eigenvalue weighted by Gasteiger charge is -2.12. The Labute approximate surface area is 164 Å². The van der Waals surface area contributed by atoms with E-state index in [0.717, 1.165) is 6.07 Å². The maximum atomic E-state index is 13.0. The first-order valence-corrected chi connectivity index (χ1v) is 8.84. The molecule has 6 nitrogen and oxygen atoms in total. The molecule has 0 radical (unpaired) electrons. The fraction of sp³-hybridized carbons (Fsp3) is 0.167. The van der Waals surface area contributed by atoms with Crippen molar-refractivity contribution in [3.63, 3.8) is 0 Å². The third-order valence-electron chi connectivity index (χ3n) is 4.02. The van der Waals surface area contributed by atoms with Crippen molar-refractivity contribution in [3.05, 3.63) is 73.3 Å². The van der Waals surface area contributed by atoms with Gasteiger partial charge in [-0.25, -0.2) is 4.79 Å². The molecule has 3 aromatic rings. The van der Waals surface area contributed by atoms with Crippen molar-refractivity contribution < 1.29 is 18.0 Å². The van der Waals surface area contributed by atoms with Crippen LogP contribution in [0.1, 0.15) is 12.0 Å². The molecule has 0 atom stereocenters. The summed E-state index contributed by atoms with van der Waals surface area (Å²) in [4.78, 5) is 38.2. The molecule has 3 rings (SSSR count). The smallest absolute Gasteiger partial charge is 0.326 e. The Morgan fingerprint density at radius 1 is 1.14 bits per heavy atom. The first-order valence-electron chi connectivity index (χ1n) is 8.05. The predicted octanol–water partition coefficient (Wildman–Crippen LogP) is 3.50. The Hall–Kier alpha value is -2.88. The highest BCUT2D eigenvalue weighted by atomic mass is 79.9. The van der Waals surface area contributed by atoms with Crippen LogP contribution in [0.2, 0.25) is 0 Å². The van der Waals surface area contributed by atoms with E-state index in [1.165, 1.54) is 16.7 Å². The number of amides is 1. The predicted molar refractivity (Wildman–Crippen MR) is 101 cm³/mol. The molecule has 1 amide bonds. The summed E-state index contributed by atoms with van der Waals surface area (Å²) < 4.78 is 40.0. The normalized spacial score (nSPS) is 11.6. The maximum Gasteiger partial charge on any atom is 0.417 e. The summed E-state index contributed by atoms with van der Waals surface area (Å²) in [6.07, 6.45) is -4.74. The second-order valence-electron chi connectivity index (χ2n) is 5.92. The first kappa shape index (κ1) is 19.9. The number of H-pyrrole nitrogens is 1. The van der Waals surface area contributed by atoms with E-state index in [0.29, 0.717) is 10.9 Å². The van der Waals surface area contributed by atoms with Gasteiger partial charge in [0, 0.05) is 23.1 Å². The minimum atomic E-state index is -4.57. The fourth-order valence-corrected chi connectivity index (χ4v) is 3.19. The summed E-state index contributed by atoms with van der Waals surface area (Å²) in [6.45, 7) is -0.0510. The van der Waals surface area contributed by atoms with Crippen LogP contribution in [0.3, 0.4) is 0 Å². The molecule has 2 aromatic carbocycles. The van der Waals surface area contributed by atoms with Crippen molar-refractivity contribution >= 4 is 38.4 Å². The zero-order valence-corrected chi connectivity index (χ0v) is 15.7. The molecule has 0 aliphatic carbocycles. The number of aryl methyl sites for hydroxylation is 1. The molecular formula is C18H13BrF3N3O3. The zero-order chi connectivity index (χ0) is 20.5. The van der Waals surface area contributed by atoms with Gasteiger partial charge in [0.2, 0.25) is 5.91 Å². The number of benzene rings is 2. The van der Waals surface area contributed by atoms with E-state index in [9.17, 15) is 27.6 Å². The lowest BCUT2D eigenvalue weighted by Crippen LogP contribution is -2.31. The van der Waals surface area contributed by atoms with Gasteiger partial charge >= 0.3 is 11.9 Å². The van der Waals surface area contributed by atoms with Crippen LogP contribution in [0, 0.1) is 0 Å². The standard InChI is InChI=1S/C18H13BrF3N3O3/c19-13-6-5-10(9-12(13)18(20,21)22)23-15(26)7-8-25-14-4-2-1-3-11(14)16(27)24-17(25)28/h1-6,9H,7-8H2,(H,23,26)(H,24,27,28). The van der Waals surface area contributed by atoms with Crippen LogP contribution < -0.4 is 16.6 Å². The number of hydrogen-bond acceptors (Lipinski definition) is 3. The molecule has 0 bridgehead atoms. The average Bonchev–Trinajstić information content (AvgIpc) is 2.62. The molecule has 1 aromatic heterocycles. The summed E-state index contributed by atoms with van der Waals surface area (Å²) >= 11 is 2.83. The monoisotopic (exact) mass is 455 g/mol. The second kappa shape index (κ2) is 7.63. The van der Waals surface area contributed by atoms with E-state index in [1.807, 2.05) is 0 Å². The van der Waals surface area contributed by atoms with E-state index in [2.05, 4.69) is 26.2 Å². The molecule has 0 unspecified atom stereocenters. The molecule has 10 heteroatoms. The topological polar surface area (TPSA) is 84.0 Å². The zero-order valence-electron chi connectivity index (χ0n) is 14.1. The minimum absolute atomic E-state index is 0.0146. The van der Waals surface area contributed by atoms with Gasteiger partial charge in [-0.15, -0.1) is 0 Å². The first-order chi connectivity index (χ1) is 13.2. The largest absolute Gasteiger partial charge is 0.417 e. The van der Waals surface area contributed by atoms with Gasteiger partial charge in [0.05, 0.1) is 16.5 Å². The molecule has 0 spiro atoms. The number of halogens is 4. The highest BCUT2D eigenvalue weighted by molar-refractivity contribution is 9.10. The highest BCUT2D eigenvalue weighted by Gasteiger charge is 2.33. The number of nitrogens with zero attached hydrogens (tertiary/aromatic N) is 1. The van der Waals surface area contributed by atoms with E-state index >= 15 is 0 Å². The number of nitrogens with one attached hydrogen (secondary N) is 2. The van der Waals surface area contributed by atoms with Crippen LogP contribution in [0.15, 0.2) is 56.5 Å². The molecule has 0 aliphatic heterocycles. The molecule has 0 aliphatic rings. The van der Waals surface area contributed by atoms with Crippen LogP contribution in [-0.2, 0) is 17.5 Å². The number of rotatable bonds is 4. The van der Waals surface area contributed by atoms with Crippen molar-refractivity contribution in [1.82, 2.24) is 9.55 Å². The third-order valence-corrected chi connectivity index (χ3v) is 4.71. The Balaban J connectivity index is 1.78. The van der Waals surface area contributed by atoms with Crippen molar-refractivity contribution in [1.29, 1.82) is 0 Å². The Morgan fingerprint density at radius 2 is 1.86 bits per heavy atom. The van der Waals surface area contributed by atoms with Crippen LogP contribution in [0.5, 0.6) is 0 Å². The number of aromatic amines is 1. The average molecular weight is 456 g/mol. The summed E-state index contributed by atoms with van der Waals surface area (Å²) in [5.74, 6) is -0.572. The number of anilines is 1. The van der Waals surface area contributed by atoms with Crippen molar-refractivity contribution in [2.75, 3.05) is 5.32 Å². The molecule has 28 heavy (non-hydrogen) atoms. The van der Waals surface area contributed by atoms with Gasteiger partial charge in [0.1, 0.15) is 0 Å². The Bertz CT molecular complexity index is 1170. The molecule has 2 N–H and O–H groups in total. The van der Waals surface area contributed by atoms with Crippen molar-refractivity contribution in [2.24, 2.45) is 0 Å². The number of para-hydroxylation sites is 1. The van der Waals surface area contributed by atoms with Gasteiger partial charge in [-0.05, 0) is 30.3 Å². The van der Waals surface area contributed by atoms with Crippen LogP contribution in [0.4, 0.5) is 18.9 Å². The van der Waals surface area contributed by atoms with Crippen LogP contribution >= 0.6 is 15.9 Å². The SMILES string of the molecule is O=C(CCn1c(=O)[nH]c(=O)c2ccccc21)Nc1ccc(Br)c(C(F)(F)F)c1. The number of carbonyl (C=O) groups excluding carboxylic acids is 1. The summed E-state index contributed by atoms with van der Waals surface area (Å²) in [5.41, 5.74) is -1.75. The fourth-order valence-electron chi connectivity index (χ4n) is 2.72. The molecule has 0 fully saturated rings. The molecule has 1 heterocycles. The second-order valence-corrected chi connectivity index (χ2v) is 6.77. The number of carbonyl (C=O) groups is 1. The van der Waals surface area contributed by atoms with Gasteiger partial charge in [-0.2, -0.15) is 13.2 Å². The Morgan fingerprint density at radius 3 is 2.57 bits per heavy atom. The van der Waals surface area contributed by atoms with Crippen molar-refractivity contribution in [3.8, 4) is 0 Å². The lowest BCUT2D eigenvalue weighted by molar-refractivity contribution is -0.138. The van der Waals surface area contributed by atoms with E-state index in [1.54, 1.807) is 24.3 Å². The summed E-state index contributed by atoms with van der Waals surface area (Å²) in [5, 5.41) is 2.68. The van der Waals surface area contributed by atoms with Crippen LogP contribution in [0.25, 0.3) is 10.9 Å². The summed E-state index contributed by atoms with van der Waals surface area (Å²) in [6, 6.07) is 9.77. The molecule has 0 saturated carbocycles. The van der Waals surface area contributed by atoms with Gasteiger partial charge in [-0.1, -0.05) is 28.1 Å². The lowest BCUT2D eigenvalue weighted by atomic mass is 10.2. The molecular weight excluding hydrogens is 443 g/mol. The quantitative estimate of drug-likeness (QED) is 0.631. The van der Waals surface area contributed by atoms with E-state index < -0.39 is 28.9 Å². The highest BCUT2D eigenvalue weighted by Crippen LogP contribution is 2.36. The van der Waals surface area contributed by atoms with Gasteiger partial charge in [0.15, 0.2) is 0 Å². The Kier molecular flexibility index (Phi) is 5.41. The van der Waals surface area contributed by atoms with Gasteiger partial charge in [0.25, 0.3) is 5.56 Å². The van der Waals surface area contributed by atoms with E-state index in [-0.39, 0.29) is 23.1 Å². The number of fused-ring (bicyclic) bond motifs is 1. The summed E-state index contributed by atoms with van der Waals surface area (Å²) in [7, 11) is 0. The molecule has 0 saturated heterocycles. The van der Waals surface area contributed by atoms with Crippen LogP contribution in [-0.4, -0.2) is 15.5 Å². The molecule has 146 valence electrons. The van der Waals surface area contributed by atoms with Gasteiger partial charge < -0.3 is 5.32 Å².